The number of benzene rings is 1. The van der Waals surface area contributed by atoms with Crippen LogP contribution in [0.15, 0.2) is 24.3 Å². The minimum Gasteiger partial charge on any atom is -0.492 e. The van der Waals surface area contributed by atoms with Gasteiger partial charge in [-0.1, -0.05) is 48.9 Å². The summed E-state index contributed by atoms with van der Waals surface area (Å²) >= 11 is 7.82. The van der Waals surface area contributed by atoms with E-state index in [1.54, 1.807) is 4.52 Å². The zero-order chi connectivity index (χ0) is 18.3. The molecule has 2 N–H and O–H groups in total. The number of likely N-dealkylation sites (tertiary alicyclic amines) is 1. The summed E-state index contributed by atoms with van der Waals surface area (Å²) in [6.07, 6.45) is 3.23. The second-order valence-corrected chi connectivity index (χ2v) is 8.66. The first-order valence-electron chi connectivity index (χ1n) is 9.24. The van der Waals surface area contributed by atoms with E-state index in [0.29, 0.717) is 5.92 Å². The molecule has 0 aliphatic carbocycles. The van der Waals surface area contributed by atoms with Crippen molar-refractivity contribution in [2.75, 3.05) is 13.1 Å². The van der Waals surface area contributed by atoms with Gasteiger partial charge in [-0.15, -0.1) is 5.10 Å². The summed E-state index contributed by atoms with van der Waals surface area (Å²) in [6, 6.07) is 8.06. The fourth-order valence-electron chi connectivity index (χ4n) is 3.98. The number of hydrogen-bond donors (Lipinski definition) is 2. The number of aromatic nitrogens is 3. The number of nitrogens with zero attached hydrogens (tertiary/aromatic N) is 3. The van der Waals surface area contributed by atoms with Crippen molar-refractivity contribution in [2.24, 2.45) is 5.92 Å². The highest BCUT2D eigenvalue weighted by Gasteiger charge is 2.35. The first-order chi connectivity index (χ1) is 12.6. The second kappa shape index (κ2) is 7.18. The topological polar surface area (TPSA) is 54.9 Å². The standard InChI is InChI=1S/C19H23ClN4OS/c1-3-15-21-19-24(22-15)18(25)17(26-19)16(13-7-4-8-14(20)10-13)23-9-5-6-12(2)11-23/h4,7-8,10,12,16,25H,3,5-6,9,11H2,1-2H3/p+1/t12-,16+/m0/s1. The number of piperidine rings is 1. The molecule has 0 bridgehead atoms. The molecule has 0 spiro atoms. The van der Waals surface area contributed by atoms with Crippen molar-refractivity contribution >= 4 is 27.9 Å². The smallest absolute Gasteiger partial charge is 0.235 e. The summed E-state index contributed by atoms with van der Waals surface area (Å²) in [5, 5.41) is 16.1. The average Bonchev–Trinajstić information content (AvgIpc) is 3.15. The van der Waals surface area contributed by atoms with Crippen LogP contribution in [0.25, 0.3) is 4.96 Å². The van der Waals surface area contributed by atoms with E-state index in [1.165, 1.54) is 29.1 Å². The van der Waals surface area contributed by atoms with Crippen LogP contribution in [-0.4, -0.2) is 32.8 Å². The molecule has 138 valence electrons. The second-order valence-electron chi connectivity index (χ2n) is 7.21. The average molecular weight is 392 g/mol. The van der Waals surface area contributed by atoms with Gasteiger partial charge in [0.05, 0.1) is 13.1 Å². The van der Waals surface area contributed by atoms with E-state index in [9.17, 15) is 5.11 Å². The van der Waals surface area contributed by atoms with E-state index in [1.807, 2.05) is 25.1 Å². The Hall–Kier alpha value is -1.63. The molecule has 7 heteroatoms. The summed E-state index contributed by atoms with van der Waals surface area (Å²) in [5.41, 5.74) is 1.14. The molecule has 1 aliphatic heterocycles. The van der Waals surface area contributed by atoms with E-state index >= 15 is 0 Å². The van der Waals surface area contributed by atoms with Gasteiger partial charge in [-0.3, -0.25) is 0 Å². The third-order valence-electron chi connectivity index (χ3n) is 5.22. The Morgan fingerprint density at radius 3 is 3.00 bits per heavy atom. The number of aromatic hydroxyl groups is 1. The number of aryl methyl sites for hydroxylation is 1. The number of halogens is 1. The van der Waals surface area contributed by atoms with Gasteiger partial charge in [-0.25, -0.2) is 4.98 Å². The minimum atomic E-state index is 0.0510. The predicted octanol–water partition coefficient (Wildman–Crippen LogP) is 3.12. The molecule has 0 radical (unpaired) electrons. The van der Waals surface area contributed by atoms with Crippen LogP contribution in [0.1, 0.15) is 49.0 Å². The fraction of sp³-hybridized carbons (Fsp3) is 0.474. The van der Waals surface area contributed by atoms with E-state index in [4.69, 9.17) is 11.6 Å². The first-order valence-corrected chi connectivity index (χ1v) is 10.4. The van der Waals surface area contributed by atoms with E-state index in [0.717, 1.165) is 45.8 Å². The highest BCUT2D eigenvalue weighted by Crippen LogP contribution is 2.36. The van der Waals surface area contributed by atoms with Crippen molar-refractivity contribution in [1.29, 1.82) is 0 Å². The maximum atomic E-state index is 10.9. The maximum absolute atomic E-state index is 10.9. The predicted molar refractivity (Wildman–Crippen MR) is 104 cm³/mol. The van der Waals surface area contributed by atoms with Crippen LogP contribution in [0.3, 0.4) is 0 Å². The lowest BCUT2D eigenvalue weighted by atomic mass is 9.95. The fourth-order valence-corrected chi connectivity index (χ4v) is 5.34. The number of fused-ring (bicyclic) bond motifs is 1. The lowest BCUT2D eigenvalue weighted by molar-refractivity contribution is -0.933. The van der Waals surface area contributed by atoms with Gasteiger partial charge in [0.15, 0.2) is 11.9 Å². The van der Waals surface area contributed by atoms with E-state index in [2.05, 4.69) is 23.1 Å². The zero-order valence-corrected chi connectivity index (χ0v) is 16.6. The Labute approximate surface area is 162 Å². The molecule has 26 heavy (non-hydrogen) atoms. The normalized spacial score (nSPS) is 22.0. The number of hydrogen-bond acceptors (Lipinski definition) is 4. The number of quaternary nitrogens is 1. The molecular formula is C19H24ClN4OS+. The van der Waals surface area contributed by atoms with Crippen LogP contribution in [0, 0.1) is 5.92 Å². The van der Waals surface area contributed by atoms with Crippen molar-refractivity contribution in [3.63, 3.8) is 0 Å². The Kier molecular flexibility index (Phi) is 4.90. The van der Waals surface area contributed by atoms with Gasteiger partial charge in [0.2, 0.25) is 10.8 Å². The van der Waals surface area contributed by atoms with Crippen LogP contribution in [0.5, 0.6) is 5.88 Å². The molecule has 1 fully saturated rings. The molecule has 1 saturated heterocycles. The van der Waals surface area contributed by atoms with Gasteiger partial charge in [-0.2, -0.15) is 4.52 Å². The Bertz CT molecular complexity index is 922. The maximum Gasteiger partial charge on any atom is 0.235 e. The quantitative estimate of drug-likeness (QED) is 0.718. The number of rotatable bonds is 4. The summed E-state index contributed by atoms with van der Waals surface area (Å²) < 4.78 is 1.59. The third-order valence-corrected chi connectivity index (χ3v) is 6.54. The molecule has 0 amide bonds. The van der Waals surface area contributed by atoms with Gasteiger partial charge >= 0.3 is 0 Å². The molecule has 4 rings (SSSR count). The summed E-state index contributed by atoms with van der Waals surface area (Å²) in [5.74, 6) is 1.65. The molecular weight excluding hydrogens is 368 g/mol. The first kappa shape index (κ1) is 17.8. The molecule has 1 unspecified atom stereocenters. The van der Waals surface area contributed by atoms with Crippen LogP contribution < -0.4 is 4.90 Å². The van der Waals surface area contributed by atoms with Crippen molar-refractivity contribution in [3.8, 4) is 5.88 Å². The summed E-state index contributed by atoms with van der Waals surface area (Å²) in [7, 11) is 0. The highest BCUT2D eigenvalue weighted by molar-refractivity contribution is 7.17. The monoisotopic (exact) mass is 391 g/mol. The van der Waals surface area contributed by atoms with Gasteiger partial charge < -0.3 is 10.0 Å². The Morgan fingerprint density at radius 2 is 2.31 bits per heavy atom. The van der Waals surface area contributed by atoms with E-state index < -0.39 is 0 Å². The molecule has 2 aromatic heterocycles. The van der Waals surface area contributed by atoms with E-state index in [-0.39, 0.29) is 11.9 Å². The van der Waals surface area contributed by atoms with Crippen LogP contribution in [0.2, 0.25) is 5.02 Å². The third kappa shape index (κ3) is 3.21. The van der Waals surface area contributed by atoms with Crippen LogP contribution >= 0.6 is 22.9 Å². The summed E-state index contributed by atoms with van der Waals surface area (Å²) in [4.78, 5) is 7.70. The molecule has 5 nitrogen and oxygen atoms in total. The molecule has 3 aromatic rings. The number of nitrogens with one attached hydrogen (secondary N) is 1. The van der Waals surface area contributed by atoms with Crippen LogP contribution in [-0.2, 0) is 6.42 Å². The van der Waals surface area contributed by atoms with Gasteiger partial charge in [0, 0.05) is 22.9 Å². The SMILES string of the molecule is CCc1nc2sc([C@@H](c3cccc(Cl)c3)[NH+]3CCC[C@H](C)C3)c(O)n2n1. The zero-order valence-electron chi connectivity index (χ0n) is 15.1. The van der Waals surface area contributed by atoms with Crippen molar-refractivity contribution in [3.05, 3.63) is 45.6 Å². The minimum absolute atomic E-state index is 0.0510. The lowest BCUT2D eigenvalue weighted by Crippen LogP contribution is -3.13. The Morgan fingerprint density at radius 1 is 1.46 bits per heavy atom. The molecule has 1 aliphatic rings. The highest BCUT2D eigenvalue weighted by atomic mass is 35.5. The lowest BCUT2D eigenvalue weighted by Gasteiger charge is -2.34. The molecule has 1 aromatic carbocycles. The van der Waals surface area contributed by atoms with Crippen molar-refractivity contribution in [1.82, 2.24) is 14.6 Å². The van der Waals surface area contributed by atoms with Gasteiger partial charge in [0.25, 0.3) is 0 Å². The van der Waals surface area contributed by atoms with Crippen molar-refractivity contribution < 1.29 is 10.0 Å². The number of thiazole rings is 1. The molecule has 0 saturated carbocycles. The van der Waals surface area contributed by atoms with Gasteiger partial charge in [-0.05, 0) is 25.0 Å². The summed E-state index contributed by atoms with van der Waals surface area (Å²) in [6.45, 7) is 6.51. The Balaban J connectivity index is 1.82. The molecule has 3 atom stereocenters. The van der Waals surface area contributed by atoms with Crippen molar-refractivity contribution in [2.45, 2.75) is 39.2 Å². The van der Waals surface area contributed by atoms with Gasteiger partial charge in [0.1, 0.15) is 4.88 Å². The van der Waals surface area contributed by atoms with Crippen LogP contribution in [0.4, 0.5) is 0 Å². The molecule has 3 heterocycles. The largest absolute Gasteiger partial charge is 0.492 e.